The van der Waals surface area contributed by atoms with Crippen molar-refractivity contribution in [2.45, 2.75) is 59.0 Å². The Hall–Kier alpha value is -0.610. The van der Waals surface area contributed by atoms with Crippen LogP contribution >= 0.6 is 0 Å². The van der Waals surface area contributed by atoms with E-state index in [1.807, 2.05) is 13.8 Å². The minimum Gasteiger partial charge on any atom is -0.480 e. The minimum atomic E-state index is -0.813. The zero-order valence-corrected chi connectivity index (χ0v) is 12.8. The number of aliphatic carboxylic acids is 1. The molecule has 18 heavy (non-hydrogen) atoms. The first-order chi connectivity index (χ1) is 8.17. The van der Waals surface area contributed by atoms with Crippen LogP contribution in [-0.2, 0) is 4.79 Å². The van der Waals surface area contributed by atoms with E-state index in [2.05, 4.69) is 31.1 Å². The molecule has 0 aromatic heterocycles. The summed E-state index contributed by atoms with van der Waals surface area (Å²) < 4.78 is 0. The van der Waals surface area contributed by atoms with Gasteiger partial charge >= 0.3 is 5.97 Å². The molecule has 0 rings (SSSR count). The first kappa shape index (κ1) is 17.4. The van der Waals surface area contributed by atoms with Crippen molar-refractivity contribution < 1.29 is 9.90 Å². The molecule has 0 saturated carbocycles. The van der Waals surface area contributed by atoms with Gasteiger partial charge in [0.25, 0.3) is 0 Å². The van der Waals surface area contributed by atoms with Gasteiger partial charge in [-0.05, 0) is 53.1 Å². The monoisotopic (exact) mass is 258 g/mol. The quantitative estimate of drug-likeness (QED) is 0.665. The van der Waals surface area contributed by atoms with Gasteiger partial charge < -0.3 is 10.0 Å². The Balaban J connectivity index is 4.17. The second-order valence-electron chi connectivity index (χ2n) is 6.20. The standard InChI is InChI=1S/C14H30N2O2/c1-11(2)10-16(6)9-7-8-14(5,13(17)18)15-12(3)4/h11-12,15H,7-10H2,1-6H3,(H,17,18). The van der Waals surface area contributed by atoms with Crippen molar-refractivity contribution in [2.75, 3.05) is 20.1 Å². The van der Waals surface area contributed by atoms with E-state index in [4.69, 9.17) is 0 Å². The Morgan fingerprint density at radius 1 is 1.33 bits per heavy atom. The number of rotatable bonds is 9. The summed E-state index contributed by atoms with van der Waals surface area (Å²) in [4.78, 5) is 13.6. The van der Waals surface area contributed by atoms with Gasteiger partial charge in [-0.15, -0.1) is 0 Å². The molecule has 0 aliphatic carbocycles. The van der Waals surface area contributed by atoms with Gasteiger partial charge in [0.15, 0.2) is 0 Å². The van der Waals surface area contributed by atoms with Crippen LogP contribution in [-0.4, -0.2) is 47.7 Å². The Morgan fingerprint density at radius 3 is 2.28 bits per heavy atom. The maximum Gasteiger partial charge on any atom is 0.323 e. The van der Waals surface area contributed by atoms with E-state index in [0.29, 0.717) is 12.3 Å². The lowest BCUT2D eigenvalue weighted by atomic mass is 9.94. The van der Waals surface area contributed by atoms with E-state index in [-0.39, 0.29) is 6.04 Å². The van der Waals surface area contributed by atoms with Crippen molar-refractivity contribution in [1.82, 2.24) is 10.2 Å². The van der Waals surface area contributed by atoms with Crippen molar-refractivity contribution in [3.63, 3.8) is 0 Å². The predicted octanol–water partition coefficient (Wildman–Crippen LogP) is 2.20. The zero-order valence-electron chi connectivity index (χ0n) is 12.8. The summed E-state index contributed by atoms with van der Waals surface area (Å²) >= 11 is 0. The van der Waals surface area contributed by atoms with E-state index >= 15 is 0 Å². The lowest BCUT2D eigenvalue weighted by molar-refractivity contribution is -0.144. The molecule has 1 unspecified atom stereocenters. The largest absolute Gasteiger partial charge is 0.480 e. The van der Waals surface area contributed by atoms with Gasteiger partial charge in [0.05, 0.1) is 0 Å². The average Bonchev–Trinajstić information content (AvgIpc) is 2.14. The SMILES string of the molecule is CC(C)CN(C)CCCC(C)(NC(C)C)C(=O)O. The molecule has 0 aromatic carbocycles. The normalized spacial score (nSPS) is 15.4. The first-order valence-corrected chi connectivity index (χ1v) is 6.87. The molecule has 0 saturated heterocycles. The Morgan fingerprint density at radius 2 is 1.89 bits per heavy atom. The van der Waals surface area contributed by atoms with Crippen molar-refractivity contribution in [2.24, 2.45) is 5.92 Å². The number of carboxylic acids is 1. The van der Waals surface area contributed by atoms with Crippen molar-refractivity contribution in [3.05, 3.63) is 0 Å². The fourth-order valence-corrected chi connectivity index (χ4v) is 2.30. The molecule has 0 spiro atoms. The molecule has 0 fully saturated rings. The van der Waals surface area contributed by atoms with Gasteiger partial charge in [0.2, 0.25) is 0 Å². The fourth-order valence-electron chi connectivity index (χ4n) is 2.30. The lowest BCUT2D eigenvalue weighted by Gasteiger charge is -2.29. The third kappa shape index (κ3) is 6.97. The van der Waals surface area contributed by atoms with Gasteiger partial charge in [-0.2, -0.15) is 0 Å². The van der Waals surface area contributed by atoms with E-state index in [1.54, 1.807) is 6.92 Å². The summed E-state index contributed by atoms with van der Waals surface area (Å²) in [6.45, 7) is 12.1. The van der Waals surface area contributed by atoms with Crippen LogP contribution in [0.15, 0.2) is 0 Å². The van der Waals surface area contributed by atoms with Gasteiger partial charge in [0, 0.05) is 12.6 Å². The number of nitrogens with zero attached hydrogens (tertiary/aromatic N) is 1. The number of nitrogens with one attached hydrogen (secondary N) is 1. The Kier molecular flexibility index (Phi) is 7.48. The highest BCUT2D eigenvalue weighted by Gasteiger charge is 2.32. The molecule has 0 amide bonds. The van der Waals surface area contributed by atoms with Crippen LogP contribution in [0.5, 0.6) is 0 Å². The van der Waals surface area contributed by atoms with Crippen LogP contribution < -0.4 is 5.32 Å². The molecule has 0 radical (unpaired) electrons. The maximum atomic E-state index is 11.3. The molecule has 0 aliphatic rings. The smallest absolute Gasteiger partial charge is 0.323 e. The molecule has 2 N–H and O–H groups in total. The summed E-state index contributed by atoms with van der Waals surface area (Å²) in [5.41, 5.74) is -0.813. The van der Waals surface area contributed by atoms with Crippen LogP contribution in [0.3, 0.4) is 0 Å². The van der Waals surface area contributed by atoms with E-state index in [1.165, 1.54) is 0 Å². The summed E-state index contributed by atoms with van der Waals surface area (Å²) in [6, 6.07) is 0.180. The zero-order chi connectivity index (χ0) is 14.3. The Labute approximate surface area is 112 Å². The van der Waals surface area contributed by atoms with Crippen LogP contribution in [0.4, 0.5) is 0 Å². The van der Waals surface area contributed by atoms with Crippen LogP contribution in [0.1, 0.15) is 47.5 Å². The molecule has 0 aliphatic heterocycles. The van der Waals surface area contributed by atoms with Crippen molar-refractivity contribution >= 4 is 5.97 Å². The molecule has 0 heterocycles. The molecule has 4 heteroatoms. The average molecular weight is 258 g/mol. The van der Waals surface area contributed by atoms with Crippen molar-refractivity contribution in [1.29, 1.82) is 0 Å². The third-order valence-corrected chi connectivity index (χ3v) is 2.97. The topological polar surface area (TPSA) is 52.6 Å². The van der Waals surface area contributed by atoms with Gasteiger partial charge in [0.1, 0.15) is 5.54 Å². The van der Waals surface area contributed by atoms with Crippen LogP contribution in [0, 0.1) is 5.92 Å². The summed E-state index contributed by atoms with van der Waals surface area (Å²) in [6.07, 6.45) is 1.55. The summed E-state index contributed by atoms with van der Waals surface area (Å²) in [5.74, 6) is -0.114. The van der Waals surface area contributed by atoms with Crippen LogP contribution in [0.25, 0.3) is 0 Å². The second kappa shape index (κ2) is 7.74. The van der Waals surface area contributed by atoms with Gasteiger partial charge in [-0.25, -0.2) is 0 Å². The minimum absolute atomic E-state index is 0.180. The molecule has 1 atom stereocenters. The summed E-state index contributed by atoms with van der Waals surface area (Å²) in [5, 5.41) is 12.5. The molecular weight excluding hydrogens is 228 g/mol. The highest BCUT2D eigenvalue weighted by atomic mass is 16.4. The number of hydrogen-bond acceptors (Lipinski definition) is 3. The molecule has 0 aromatic rings. The molecule has 108 valence electrons. The summed E-state index contributed by atoms with van der Waals surface area (Å²) in [7, 11) is 2.09. The van der Waals surface area contributed by atoms with Gasteiger partial charge in [-0.3, -0.25) is 10.1 Å². The van der Waals surface area contributed by atoms with Gasteiger partial charge in [-0.1, -0.05) is 13.8 Å². The van der Waals surface area contributed by atoms with Crippen molar-refractivity contribution in [3.8, 4) is 0 Å². The first-order valence-electron chi connectivity index (χ1n) is 6.87. The third-order valence-electron chi connectivity index (χ3n) is 2.97. The molecule has 0 bridgehead atoms. The second-order valence-corrected chi connectivity index (χ2v) is 6.20. The number of carbonyl (C=O) groups is 1. The highest BCUT2D eigenvalue weighted by molar-refractivity contribution is 5.78. The maximum absolute atomic E-state index is 11.3. The Bertz CT molecular complexity index is 254. The molecular formula is C14H30N2O2. The van der Waals surface area contributed by atoms with Crippen LogP contribution in [0.2, 0.25) is 0 Å². The van der Waals surface area contributed by atoms with E-state index in [9.17, 15) is 9.90 Å². The predicted molar refractivity (Wildman–Crippen MR) is 75.9 cm³/mol. The number of hydrogen-bond donors (Lipinski definition) is 2. The fraction of sp³-hybridized carbons (Fsp3) is 0.929. The van der Waals surface area contributed by atoms with E-state index < -0.39 is 11.5 Å². The molecule has 4 nitrogen and oxygen atoms in total. The highest BCUT2D eigenvalue weighted by Crippen LogP contribution is 2.14. The number of carboxylic acid groups (broad SMARTS) is 1. The van der Waals surface area contributed by atoms with E-state index in [0.717, 1.165) is 19.5 Å². The lowest BCUT2D eigenvalue weighted by Crippen LogP contribution is -2.52.